The van der Waals surface area contributed by atoms with Crippen LogP contribution in [0.3, 0.4) is 0 Å². The van der Waals surface area contributed by atoms with Crippen molar-refractivity contribution in [3.05, 3.63) is 0 Å². The number of methoxy groups -OCH3 is 1. The van der Waals surface area contributed by atoms with Crippen LogP contribution in [0.2, 0.25) is 0 Å². The molecule has 3 atom stereocenters. The van der Waals surface area contributed by atoms with E-state index in [-0.39, 0.29) is 24.2 Å². The van der Waals surface area contributed by atoms with Crippen LogP contribution in [0, 0.1) is 17.3 Å². The van der Waals surface area contributed by atoms with Gasteiger partial charge in [0.15, 0.2) is 0 Å². The van der Waals surface area contributed by atoms with Gasteiger partial charge in [-0.1, -0.05) is 19.3 Å². The average molecular weight is 240 g/mol. The number of hydrogen-bond donors (Lipinski definition) is 1. The molecule has 2 rings (SSSR count). The maximum Gasteiger partial charge on any atom is 0.306 e. The number of rotatable bonds is 4. The summed E-state index contributed by atoms with van der Waals surface area (Å²) < 4.78 is 4.71. The molecule has 1 N–H and O–H groups in total. The topological polar surface area (TPSA) is 63.6 Å². The summed E-state index contributed by atoms with van der Waals surface area (Å²) in [5, 5.41) is 9.04. The number of hydrogen-bond acceptors (Lipinski definition) is 3. The summed E-state index contributed by atoms with van der Waals surface area (Å²) in [4.78, 5) is 22.5. The highest BCUT2D eigenvalue weighted by Crippen LogP contribution is 2.61. The summed E-state index contributed by atoms with van der Waals surface area (Å²) in [6, 6.07) is 0. The number of aliphatic carboxylic acids is 1. The van der Waals surface area contributed by atoms with Gasteiger partial charge in [0, 0.05) is 0 Å². The smallest absolute Gasteiger partial charge is 0.306 e. The number of carboxylic acids is 1. The number of ether oxygens (including phenoxy) is 1. The minimum Gasteiger partial charge on any atom is -0.481 e. The molecule has 4 heteroatoms. The van der Waals surface area contributed by atoms with Crippen molar-refractivity contribution in [1.82, 2.24) is 0 Å². The molecule has 0 aromatic carbocycles. The van der Waals surface area contributed by atoms with Gasteiger partial charge in [-0.15, -0.1) is 0 Å². The second-order valence-corrected chi connectivity index (χ2v) is 5.54. The van der Waals surface area contributed by atoms with E-state index in [1.165, 1.54) is 26.4 Å². The van der Waals surface area contributed by atoms with E-state index in [1.54, 1.807) is 0 Å². The summed E-state index contributed by atoms with van der Waals surface area (Å²) in [5.41, 5.74) is -0.315. The van der Waals surface area contributed by atoms with Gasteiger partial charge in [0.25, 0.3) is 0 Å². The van der Waals surface area contributed by atoms with E-state index in [0.717, 1.165) is 12.8 Å². The van der Waals surface area contributed by atoms with Gasteiger partial charge in [0.1, 0.15) is 0 Å². The molecule has 0 radical (unpaired) electrons. The minimum atomic E-state index is -0.794. The standard InChI is InChI=1S/C13H20O4/c1-17-12(16)8-13(7-11(14)15)6-9-4-2-3-5-10(9)13/h9-10H,2-8H2,1H3,(H,14,15). The Balaban J connectivity index is 2.08. The van der Waals surface area contributed by atoms with Crippen LogP contribution in [-0.2, 0) is 14.3 Å². The van der Waals surface area contributed by atoms with E-state index in [1.807, 2.05) is 0 Å². The Labute approximate surface area is 101 Å². The van der Waals surface area contributed by atoms with Gasteiger partial charge in [-0.2, -0.15) is 0 Å². The fourth-order valence-corrected chi connectivity index (χ4v) is 3.90. The van der Waals surface area contributed by atoms with Gasteiger partial charge in [0.2, 0.25) is 0 Å². The molecule has 4 nitrogen and oxygen atoms in total. The molecule has 0 aliphatic heterocycles. The molecule has 0 aromatic heterocycles. The monoisotopic (exact) mass is 240 g/mol. The molecule has 96 valence electrons. The van der Waals surface area contributed by atoms with Crippen LogP contribution in [0.4, 0.5) is 0 Å². The number of fused-ring (bicyclic) bond motifs is 1. The van der Waals surface area contributed by atoms with Gasteiger partial charge in [-0.25, -0.2) is 0 Å². The maximum atomic E-state index is 11.5. The van der Waals surface area contributed by atoms with E-state index < -0.39 is 5.97 Å². The Morgan fingerprint density at radius 1 is 1.29 bits per heavy atom. The summed E-state index contributed by atoms with van der Waals surface area (Å²) in [7, 11) is 1.37. The highest BCUT2D eigenvalue weighted by Gasteiger charge is 2.55. The van der Waals surface area contributed by atoms with Crippen LogP contribution in [0.1, 0.15) is 44.9 Å². The Morgan fingerprint density at radius 2 is 2.00 bits per heavy atom. The normalized spacial score (nSPS) is 35.6. The third kappa shape index (κ3) is 2.31. The molecule has 2 fully saturated rings. The molecule has 2 aliphatic carbocycles. The highest BCUT2D eigenvalue weighted by atomic mass is 16.5. The predicted octanol–water partition coefficient (Wildman–Crippen LogP) is 2.22. The molecule has 0 bridgehead atoms. The molecule has 0 amide bonds. The number of esters is 1. The second-order valence-electron chi connectivity index (χ2n) is 5.54. The summed E-state index contributed by atoms with van der Waals surface area (Å²) >= 11 is 0. The first-order chi connectivity index (χ1) is 8.07. The van der Waals surface area contributed by atoms with Crippen molar-refractivity contribution in [2.24, 2.45) is 17.3 Å². The van der Waals surface area contributed by atoms with Crippen molar-refractivity contribution < 1.29 is 19.4 Å². The molecule has 0 saturated heterocycles. The van der Waals surface area contributed by atoms with Crippen molar-refractivity contribution in [3.8, 4) is 0 Å². The molecule has 0 aromatic rings. The zero-order chi connectivity index (χ0) is 12.5. The SMILES string of the molecule is COC(=O)CC1(CC(=O)O)CC2CCCCC21. The third-order valence-corrected chi connectivity index (χ3v) is 4.59. The Kier molecular flexibility index (Phi) is 3.40. The van der Waals surface area contributed by atoms with Crippen molar-refractivity contribution in [3.63, 3.8) is 0 Å². The second kappa shape index (κ2) is 4.67. The van der Waals surface area contributed by atoms with Crippen LogP contribution >= 0.6 is 0 Å². The molecule has 3 unspecified atom stereocenters. The van der Waals surface area contributed by atoms with Gasteiger partial charge in [-0.3, -0.25) is 9.59 Å². The molecule has 17 heavy (non-hydrogen) atoms. The third-order valence-electron chi connectivity index (χ3n) is 4.59. The fourth-order valence-electron chi connectivity index (χ4n) is 3.90. The first-order valence-corrected chi connectivity index (χ1v) is 6.36. The van der Waals surface area contributed by atoms with Crippen LogP contribution in [0.5, 0.6) is 0 Å². The van der Waals surface area contributed by atoms with Crippen molar-refractivity contribution in [1.29, 1.82) is 0 Å². The highest BCUT2D eigenvalue weighted by molar-refractivity contribution is 5.73. The number of carbonyl (C=O) groups excluding carboxylic acids is 1. The lowest BCUT2D eigenvalue weighted by atomic mass is 9.47. The molecule has 0 heterocycles. The zero-order valence-electron chi connectivity index (χ0n) is 10.3. The van der Waals surface area contributed by atoms with Gasteiger partial charge in [-0.05, 0) is 30.1 Å². The van der Waals surface area contributed by atoms with Crippen molar-refractivity contribution in [2.75, 3.05) is 7.11 Å². The molecule has 0 spiro atoms. The van der Waals surface area contributed by atoms with Crippen LogP contribution in [0.25, 0.3) is 0 Å². The van der Waals surface area contributed by atoms with E-state index in [4.69, 9.17) is 9.84 Å². The summed E-state index contributed by atoms with van der Waals surface area (Å²) in [5.74, 6) is 0.00686. The van der Waals surface area contributed by atoms with Crippen LogP contribution < -0.4 is 0 Å². The van der Waals surface area contributed by atoms with Gasteiger partial charge >= 0.3 is 11.9 Å². The molecular weight excluding hydrogens is 220 g/mol. The zero-order valence-corrected chi connectivity index (χ0v) is 10.3. The molecule has 2 saturated carbocycles. The minimum absolute atomic E-state index is 0.114. The first kappa shape index (κ1) is 12.4. The van der Waals surface area contributed by atoms with E-state index >= 15 is 0 Å². The van der Waals surface area contributed by atoms with Crippen LogP contribution in [0.15, 0.2) is 0 Å². The Hall–Kier alpha value is -1.06. The lowest BCUT2D eigenvalue weighted by molar-refractivity contribution is -0.161. The van der Waals surface area contributed by atoms with Gasteiger partial charge < -0.3 is 9.84 Å². The Morgan fingerprint density at radius 3 is 2.59 bits per heavy atom. The van der Waals surface area contributed by atoms with E-state index in [9.17, 15) is 9.59 Å². The lowest BCUT2D eigenvalue weighted by Crippen LogP contribution is -2.51. The van der Waals surface area contributed by atoms with Gasteiger partial charge in [0.05, 0.1) is 20.0 Å². The quantitative estimate of drug-likeness (QED) is 0.765. The van der Waals surface area contributed by atoms with Crippen LogP contribution in [-0.4, -0.2) is 24.2 Å². The van der Waals surface area contributed by atoms with E-state index in [0.29, 0.717) is 11.8 Å². The largest absolute Gasteiger partial charge is 0.481 e. The first-order valence-electron chi connectivity index (χ1n) is 6.36. The fraction of sp³-hybridized carbons (Fsp3) is 0.846. The lowest BCUT2D eigenvalue weighted by Gasteiger charge is -2.57. The Bertz CT molecular complexity index is 325. The van der Waals surface area contributed by atoms with Crippen molar-refractivity contribution in [2.45, 2.75) is 44.9 Å². The predicted molar refractivity (Wildman–Crippen MR) is 61.4 cm³/mol. The summed E-state index contributed by atoms with van der Waals surface area (Å²) in [6.45, 7) is 0. The molecular formula is C13H20O4. The molecule has 2 aliphatic rings. The van der Waals surface area contributed by atoms with E-state index in [2.05, 4.69) is 0 Å². The average Bonchev–Trinajstić information content (AvgIpc) is 2.26. The summed E-state index contributed by atoms with van der Waals surface area (Å²) in [6.07, 6.45) is 5.98. The van der Waals surface area contributed by atoms with Crippen molar-refractivity contribution >= 4 is 11.9 Å². The number of carbonyl (C=O) groups is 2. The maximum absolute atomic E-state index is 11.5. The number of carboxylic acid groups (broad SMARTS) is 1.